The highest BCUT2D eigenvalue weighted by Crippen LogP contribution is 2.39. The summed E-state index contributed by atoms with van der Waals surface area (Å²) in [6, 6.07) is 65.4. The van der Waals surface area contributed by atoms with Gasteiger partial charge in [0.15, 0.2) is 34.9 Å². The zero-order chi connectivity index (χ0) is 39.1. The monoisotopic (exact) mass is 756 g/mol. The highest BCUT2D eigenvalue weighted by Gasteiger charge is 2.20. The predicted molar refractivity (Wildman–Crippen MR) is 236 cm³/mol. The van der Waals surface area contributed by atoms with Crippen LogP contribution in [0.1, 0.15) is 0 Å². The number of nitrogens with zero attached hydrogens (tertiary/aromatic N) is 6. The molecule has 0 aliphatic heterocycles. The molecule has 0 aliphatic rings. The molecule has 0 atom stereocenters. The van der Waals surface area contributed by atoms with Crippen molar-refractivity contribution in [2.45, 2.75) is 0 Å². The van der Waals surface area contributed by atoms with Gasteiger partial charge in [0.25, 0.3) is 0 Å². The van der Waals surface area contributed by atoms with E-state index in [9.17, 15) is 0 Å². The first-order valence-electron chi connectivity index (χ1n) is 19.4. The van der Waals surface area contributed by atoms with Gasteiger partial charge in [0.1, 0.15) is 11.2 Å². The third kappa shape index (κ3) is 6.37. The van der Waals surface area contributed by atoms with Crippen molar-refractivity contribution in [3.63, 3.8) is 0 Å². The average Bonchev–Trinajstić information content (AvgIpc) is 3.70. The van der Waals surface area contributed by atoms with Crippen LogP contribution in [0.4, 0.5) is 0 Å². The zero-order valence-corrected chi connectivity index (χ0v) is 31.6. The maximum atomic E-state index is 6.50. The van der Waals surface area contributed by atoms with Gasteiger partial charge in [-0.25, -0.2) is 29.9 Å². The van der Waals surface area contributed by atoms with Crippen LogP contribution in [0.25, 0.3) is 112 Å². The van der Waals surface area contributed by atoms with Gasteiger partial charge in [-0.15, -0.1) is 0 Å². The average molecular weight is 757 g/mol. The molecule has 0 radical (unpaired) electrons. The van der Waals surface area contributed by atoms with E-state index in [0.717, 1.165) is 77.2 Å². The summed E-state index contributed by atoms with van der Waals surface area (Å²) in [5.74, 6) is 3.62. The summed E-state index contributed by atoms with van der Waals surface area (Å²) in [7, 11) is 0. The van der Waals surface area contributed by atoms with Gasteiger partial charge in [-0.1, -0.05) is 170 Å². The van der Waals surface area contributed by atoms with E-state index >= 15 is 0 Å². The topological polar surface area (TPSA) is 90.5 Å². The highest BCUT2D eigenvalue weighted by molar-refractivity contribution is 6.13. The van der Waals surface area contributed by atoms with Crippen LogP contribution in [0, 0.1) is 0 Å². The van der Waals surface area contributed by atoms with Crippen LogP contribution in [0.3, 0.4) is 0 Å². The summed E-state index contributed by atoms with van der Waals surface area (Å²) in [6.45, 7) is 0. The largest absolute Gasteiger partial charge is 0.456 e. The van der Waals surface area contributed by atoms with Crippen molar-refractivity contribution in [1.29, 1.82) is 0 Å². The highest BCUT2D eigenvalue weighted by atomic mass is 16.3. The van der Waals surface area contributed by atoms with Gasteiger partial charge >= 0.3 is 0 Å². The molecule has 59 heavy (non-hydrogen) atoms. The van der Waals surface area contributed by atoms with Crippen molar-refractivity contribution in [2.75, 3.05) is 0 Å². The Hall–Kier alpha value is -8.16. The van der Waals surface area contributed by atoms with Crippen molar-refractivity contribution in [1.82, 2.24) is 29.9 Å². The van der Waals surface area contributed by atoms with E-state index in [4.69, 9.17) is 34.3 Å². The molecule has 0 aliphatic carbocycles. The van der Waals surface area contributed by atoms with Gasteiger partial charge in [0.2, 0.25) is 0 Å². The fraction of sp³-hybridized carbons (Fsp3) is 0. The maximum absolute atomic E-state index is 6.50. The smallest absolute Gasteiger partial charge is 0.164 e. The Morgan fingerprint density at radius 3 is 1.41 bits per heavy atom. The fourth-order valence-electron chi connectivity index (χ4n) is 7.72. The van der Waals surface area contributed by atoms with E-state index in [2.05, 4.69) is 60.7 Å². The molecule has 7 heteroatoms. The van der Waals surface area contributed by atoms with Crippen molar-refractivity contribution < 1.29 is 4.42 Å². The first kappa shape index (κ1) is 34.1. The van der Waals surface area contributed by atoms with Crippen LogP contribution in [-0.2, 0) is 0 Å². The number of benzene rings is 8. The number of hydrogen-bond donors (Lipinski definition) is 0. The molecule has 11 aromatic rings. The third-order valence-electron chi connectivity index (χ3n) is 10.6. The lowest BCUT2D eigenvalue weighted by atomic mass is 9.99. The molecule has 276 valence electrons. The molecule has 0 N–H and O–H groups in total. The second-order valence-corrected chi connectivity index (χ2v) is 14.3. The lowest BCUT2D eigenvalue weighted by Gasteiger charge is -2.11. The Bertz CT molecular complexity index is 3270. The molecule has 0 saturated carbocycles. The van der Waals surface area contributed by atoms with Gasteiger partial charge in [0.05, 0.1) is 0 Å². The number of fused-ring (bicyclic) bond motifs is 4. The molecular weight excluding hydrogens is 725 g/mol. The van der Waals surface area contributed by atoms with Crippen LogP contribution in [-0.4, -0.2) is 29.9 Å². The van der Waals surface area contributed by atoms with Crippen molar-refractivity contribution in [3.05, 3.63) is 194 Å². The molecule has 0 saturated heterocycles. The van der Waals surface area contributed by atoms with E-state index in [-0.39, 0.29) is 0 Å². The Kier molecular flexibility index (Phi) is 8.33. The summed E-state index contributed by atoms with van der Waals surface area (Å²) >= 11 is 0. The molecule has 0 fully saturated rings. The first-order chi connectivity index (χ1) is 29.2. The minimum Gasteiger partial charge on any atom is -0.456 e. The Balaban J connectivity index is 1.05. The summed E-state index contributed by atoms with van der Waals surface area (Å²) in [4.78, 5) is 30.2. The molecule has 3 heterocycles. The predicted octanol–water partition coefficient (Wildman–Crippen LogP) is 12.8. The lowest BCUT2D eigenvalue weighted by Crippen LogP contribution is -2.00. The van der Waals surface area contributed by atoms with Crippen LogP contribution in [0.2, 0.25) is 0 Å². The number of furan rings is 1. The maximum Gasteiger partial charge on any atom is 0.164 e. The summed E-state index contributed by atoms with van der Waals surface area (Å²) in [5, 5.41) is 4.10. The van der Waals surface area contributed by atoms with E-state index in [1.165, 1.54) is 0 Å². The molecule has 0 amide bonds. The van der Waals surface area contributed by atoms with Crippen molar-refractivity contribution in [2.24, 2.45) is 0 Å². The van der Waals surface area contributed by atoms with Crippen LogP contribution in [0.5, 0.6) is 0 Å². The molecule has 8 aromatic carbocycles. The second kappa shape index (κ2) is 14.4. The Labute approximate surface area is 339 Å². The first-order valence-corrected chi connectivity index (χ1v) is 19.4. The minimum absolute atomic E-state index is 0.570. The van der Waals surface area contributed by atoms with Crippen molar-refractivity contribution in [3.8, 4) is 79.5 Å². The number of hydrogen-bond acceptors (Lipinski definition) is 7. The van der Waals surface area contributed by atoms with Crippen LogP contribution >= 0.6 is 0 Å². The molecule has 0 spiro atoms. The van der Waals surface area contributed by atoms with E-state index in [0.29, 0.717) is 34.9 Å². The zero-order valence-electron chi connectivity index (χ0n) is 31.6. The molecule has 0 unspecified atom stereocenters. The van der Waals surface area contributed by atoms with Gasteiger partial charge in [-0.3, -0.25) is 0 Å². The SMILES string of the molecule is c1ccc(-c2nc(-c3ccccc3)nc(-c3cccc(-c4ccc5oc6cccc(-c7nc(-c8ccccc8)nc(-c8cccc9ccccc89)n7)c6c5c4)c3)n2)cc1. The summed E-state index contributed by atoms with van der Waals surface area (Å²) < 4.78 is 6.50. The Morgan fingerprint density at radius 2 is 0.729 bits per heavy atom. The van der Waals surface area contributed by atoms with E-state index < -0.39 is 0 Å². The second-order valence-electron chi connectivity index (χ2n) is 14.3. The molecular formula is C52H32N6O. The molecule has 0 bridgehead atoms. The Morgan fingerprint density at radius 1 is 0.271 bits per heavy atom. The molecule has 7 nitrogen and oxygen atoms in total. The van der Waals surface area contributed by atoms with Gasteiger partial charge < -0.3 is 4.42 Å². The quantitative estimate of drug-likeness (QED) is 0.160. The summed E-state index contributed by atoms with van der Waals surface area (Å²) in [5.41, 5.74) is 9.02. The van der Waals surface area contributed by atoms with Crippen molar-refractivity contribution >= 4 is 32.7 Å². The van der Waals surface area contributed by atoms with E-state index in [1.54, 1.807) is 0 Å². The lowest BCUT2D eigenvalue weighted by molar-refractivity contribution is 0.669. The van der Waals surface area contributed by atoms with Gasteiger partial charge in [-0.05, 0) is 46.2 Å². The van der Waals surface area contributed by atoms with Gasteiger partial charge in [-0.2, -0.15) is 0 Å². The standard InChI is InChI=1S/C52H32N6O/c1-4-16-34(17-5-1)47-53-48(35-18-6-2-7-19-35)55-50(54-47)39-24-12-23-37(31-39)38-29-30-44-43(32-38)46-42(27-14-28-45(46)59-44)52-57-49(36-20-8-3-9-21-36)56-51(58-52)41-26-13-22-33-15-10-11-25-40(33)41/h1-32H. The normalized spacial score (nSPS) is 11.4. The minimum atomic E-state index is 0.570. The number of rotatable bonds is 7. The van der Waals surface area contributed by atoms with E-state index in [1.807, 2.05) is 133 Å². The fourth-order valence-corrected chi connectivity index (χ4v) is 7.72. The molecule has 11 rings (SSSR count). The van der Waals surface area contributed by atoms with Crippen LogP contribution in [0.15, 0.2) is 199 Å². The van der Waals surface area contributed by atoms with Crippen LogP contribution < -0.4 is 0 Å². The van der Waals surface area contributed by atoms with Gasteiger partial charge in [0, 0.05) is 44.2 Å². The summed E-state index contributed by atoms with van der Waals surface area (Å²) in [6.07, 6.45) is 0. The molecule has 3 aromatic heterocycles. The third-order valence-corrected chi connectivity index (χ3v) is 10.6. The number of aromatic nitrogens is 6.